The predicted molar refractivity (Wildman–Crippen MR) is 111 cm³/mol. The molecule has 140 valence electrons. The average molecular weight is 379 g/mol. The quantitative estimate of drug-likeness (QED) is 0.692. The zero-order valence-corrected chi connectivity index (χ0v) is 16.7. The second-order valence-corrected chi connectivity index (χ2v) is 8.65. The summed E-state index contributed by atoms with van der Waals surface area (Å²) < 4.78 is 8.70. The molecule has 4 nitrogen and oxygen atoms in total. The van der Waals surface area contributed by atoms with E-state index in [1.54, 1.807) is 11.1 Å². The number of likely N-dealkylation sites (N-methyl/N-ethyl adjacent to an activating group) is 1. The molecule has 1 fully saturated rings. The second kappa shape index (κ2) is 7.30. The van der Waals surface area contributed by atoms with Gasteiger partial charge in [-0.2, -0.15) is 8.75 Å². The van der Waals surface area contributed by atoms with Gasteiger partial charge >= 0.3 is 0 Å². The summed E-state index contributed by atoms with van der Waals surface area (Å²) in [4.78, 5) is 5.29. The number of rotatable bonds is 4. The third kappa shape index (κ3) is 3.51. The van der Waals surface area contributed by atoms with Crippen molar-refractivity contribution in [3.63, 3.8) is 0 Å². The molecule has 1 unspecified atom stereocenters. The molecule has 1 saturated heterocycles. The van der Waals surface area contributed by atoms with Crippen LogP contribution in [0.3, 0.4) is 0 Å². The van der Waals surface area contributed by atoms with Gasteiger partial charge in [-0.15, -0.1) is 0 Å². The van der Waals surface area contributed by atoms with Gasteiger partial charge in [0.2, 0.25) is 0 Å². The van der Waals surface area contributed by atoms with Crippen molar-refractivity contribution in [1.82, 2.24) is 18.5 Å². The van der Waals surface area contributed by atoms with Crippen LogP contribution in [0.2, 0.25) is 0 Å². The van der Waals surface area contributed by atoms with Crippen LogP contribution in [0.5, 0.6) is 0 Å². The summed E-state index contributed by atoms with van der Waals surface area (Å²) in [5.74, 6) is 0. The lowest BCUT2D eigenvalue weighted by atomic mass is 10.0. The molecule has 1 aliphatic carbocycles. The van der Waals surface area contributed by atoms with Crippen molar-refractivity contribution in [1.29, 1.82) is 0 Å². The molecule has 0 amide bonds. The van der Waals surface area contributed by atoms with Gasteiger partial charge in [-0.3, -0.25) is 9.80 Å². The van der Waals surface area contributed by atoms with Crippen molar-refractivity contribution in [3.05, 3.63) is 59.2 Å². The Kier molecular flexibility index (Phi) is 4.68. The molecular formula is C22H26N4S. The van der Waals surface area contributed by atoms with Crippen LogP contribution in [0.1, 0.15) is 29.5 Å². The first-order valence-corrected chi connectivity index (χ1v) is 10.7. The van der Waals surface area contributed by atoms with Crippen molar-refractivity contribution < 1.29 is 0 Å². The Morgan fingerprint density at radius 2 is 1.85 bits per heavy atom. The monoisotopic (exact) mass is 378 g/mol. The maximum absolute atomic E-state index is 4.39. The van der Waals surface area contributed by atoms with E-state index in [-0.39, 0.29) is 0 Å². The van der Waals surface area contributed by atoms with Gasteiger partial charge in [0.25, 0.3) is 0 Å². The lowest BCUT2D eigenvalue weighted by molar-refractivity contribution is 0.0835. The van der Waals surface area contributed by atoms with E-state index in [2.05, 4.69) is 68.1 Å². The van der Waals surface area contributed by atoms with E-state index in [1.807, 2.05) is 0 Å². The normalized spacial score (nSPS) is 21.2. The van der Waals surface area contributed by atoms with Gasteiger partial charge in [-0.1, -0.05) is 30.3 Å². The molecule has 2 aromatic carbocycles. The van der Waals surface area contributed by atoms with E-state index < -0.39 is 0 Å². The van der Waals surface area contributed by atoms with Crippen molar-refractivity contribution in [2.75, 3.05) is 20.1 Å². The highest BCUT2D eigenvalue weighted by molar-refractivity contribution is 7.00. The van der Waals surface area contributed by atoms with Crippen molar-refractivity contribution in [3.8, 4) is 0 Å². The molecule has 0 saturated carbocycles. The molecule has 2 aliphatic rings. The Balaban J connectivity index is 1.24. The summed E-state index contributed by atoms with van der Waals surface area (Å²) in [7, 11) is 2.28. The zero-order chi connectivity index (χ0) is 18.2. The number of nitrogens with zero attached hydrogens (tertiary/aromatic N) is 4. The largest absolute Gasteiger partial charge is 0.298 e. The Bertz CT molecular complexity index is 912. The van der Waals surface area contributed by atoms with Crippen LogP contribution in [-0.4, -0.2) is 50.8 Å². The van der Waals surface area contributed by atoms with Gasteiger partial charge in [0.1, 0.15) is 11.0 Å². The van der Waals surface area contributed by atoms with Crippen LogP contribution >= 0.6 is 11.7 Å². The summed E-state index contributed by atoms with van der Waals surface area (Å²) in [6, 6.07) is 16.8. The van der Waals surface area contributed by atoms with Gasteiger partial charge < -0.3 is 0 Å². The molecular weight excluding hydrogens is 352 g/mol. The third-order valence-corrected chi connectivity index (χ3v) is 6.90. The Hall–Kier alpha value is -1.82. The molecule has 5 heteroatoms. The first-order valence-electron chi connectivity index (χ1n) is 9.98. The standard InChI is InChI=1S/C22H26N4S/c1-25(14-16-8-9-21-22(11-16)24-27-23-21)19-7-4-10-26(15-19)20-12-17-5-2-3-6-18(17)13-20/h2-3,5-6,8-9,11,19-20H,4,7,10,12-15H2,1H3. The summed E-state index contributed by atoms with van der Waals surface area (Å²) >= 11 is 1.30. The number of benzene rings is 2. The molecule has 0 radical (unpaired) electrons. The van der Waals surface area contributed by atoms with E-state index in [4.69, 9.17) is 0 Å². The van der Waals surface area contributed by atoms with E-state index in [0.29, 0.717) is 12.1 Å². The number of likely N-dealkylation sites (tertiary alicyclic amines) is 1. The summed E-state index contributed by atoms with van der Waals surface area (Å²) in [6.07, 6.45) is 5.05. The number of hydrogen-bond acceptors (Lipinski definition) is 5. The highest BCUT2D eigenvalue weighted by atomic mass is 32.1. The molecule has 2 heterocycles. The van der Waals surface area contributed by atoms with Crippen LogP contribution in [-0.2, 0) is 19.4 Å². The number of fused-ring (bicyclic) bond motifs is 2. The molecule has 0 N–H and O–H groups in total. The number of aromatic nitrogens is 2. The summed E-state index contributed by atoms with van der Waals surface area (Å²) in [5.41, 5.74) is 6.49. The first kappa shape index (κ1) is 17.3. The fraction of sp³-hybridized carbons (Fsp3) is 0.455. The second-order valence-electron chi connectivity index (χ2n) is 8.12. The summed E-state index contributed by atoms with van der Waals surface area (Å²) in [5, 5.41) is 0. The van der Waals surface area contributed by atoms with Gasteiger partial charge in [0.05, 0.1) is 11.7 Å². The minimum absolute atomic E-state index is 0.631. The van der Waals surface area contributed by atoms with Crippen LogP contribution in [0.15, 0.2) is 42.5 Å². The van der Waals surface area contributed by atoms with Crippen LogP contribution in [0.25, 0.3) is 11.0 Å². The Morgan fingerprint density at radius 1 is 1.07 bits per heavy atom. The SMILES string of the molecule is CN(Cc1ccc2nsnc2c1)C1CCCN(C2Cc3ccccc3C2)C1. The van der Waals surface area contributed by atoms with Crippen molar-refractivity contribution in [2.45, 2.75) is 44.3 Å². The average Bonchev–Trinajstić information content (AvgIpc) is 3.34. The first-order chi connectivity index (χ1) is 13.3. The highest BCUT2D eigenvalue weighted by Gasteiger charge is 2.31. The maximum Gasteiger partial charge on any atom is 0.105 e. The number of piperidine rings is 1. The van der Waals surface area contributed by atoms with Crippen molar-refractivity contribution >= 4 is 22.8 Å². The van der Waals surface area contributed by atoms with Crippen LogP contribution < -0.4 is 0 Å². The minimum Gasteiger partial charge on any atom is -0.298 e. The summed E-state index contributed by atoms with van der Waals surface area (Å²) in [6.45, 7) is 3.42. The molecule has 1 atom stereocenters. The smallest absolute Gasteiger partial charge is 0.105 e. The van der Waals surface area contributed by atoms with Gasteiger partial charge in [-0.25, -0.2) is 0 Å². The van der Waals surface area contributed by atoms with E-state index in [0.717, 1.165) is 17.6 Å². The van der Waals surface area contributed by atoms with Gasteiger partial charge in [0, 0.05) is 25.2 Å². The van der Waals surface area contributed by atoms with Gasteiger partial charge in [-0.05, 0) is 68.1 Å². The Morgan fingerprint density at radius 3 is 2.67 bits per heavy atom. The zero-order valence-electron chi connectivity index (χ0n) is 15.8. The molecule has 0 bridgehead atoms. The molecule has 1 aliphatic heterocycles. The predicted octanol–water partition coefficient (Wildman–Crippen LogP) is 3.75. The Labute approximate surface area is 165 Å². The van der Waals surface area contributed by atoms with E-state index in [1.165, 1.54) is 56.1 Å². The molecule has 0 spiro atoms. The minimum atomic E-state index is 0.631. The van der Waals surface area contributed by atoms with E-state index in [9.17, 15) is 0 Å². The topological polar surface area (TPSA) is 32.3 Å². The number of hydrogen-bond donors (Lipinski definition) is 0. The van der Waals surface area contributed by atoms with Gasteiger partial charge in [0.15, 0.2) is 0 Å². The van der Waals surface area contributed by atoms with Crippen molar-refractivity contribution in [2.24, 2.45) is 0 Å². The molecule has 3 aromatic rings. The molecule has 27 heavy (non-hydrogen) atoms. The molecule has 5 rings (SSSR count). The van der Waals surface area contributed by atoms with E-state index >= 15 is 0 Å². The highest BCUT2D eigenvalue weighted by Crippen LogP contribution is 2.28. The van der Waals surface area contributed by atoms with Crippen LogP contribution in [0.4, 0.5) is 0 Å². The third-order valence-electron chi connectivity index (χ3n) is 6.35. The molecule has 1 aromatic heterocycles. The van der Waals surface area contributed by atoms with Crippen LogP contribution in [0, 0.1) is 0 Å². The fourth-order valence-corrected chi connectivity index (χ4v) is 5.33. The lowest BCUT2D eigenvalue weighted by Crippen LogP contribution is -2.50. The fourth-order valence-electron chi connectivity index (χ4n) is 4.81. The maximum atomic E-state index is 4.39. The lowest BCUT2D eigenvalue weighted by Gasteiger charge is -2.40.